The van der Waals surface area contributed by atoms with Crippen LogP contribution in [0.5, 0.6) is 11.5 Å². The lowest BCUT2D eigenvalue weighted by atomic mass is 10.1. The number of nitrogens with two attached hydrogens (primary N) is 1. The zero-order valence-electron chi connectivity index (χ0n) is 6.92. The summed E-state index contributed by atoms with van der Waals surface area (Å²) in [4.78, 5) is 11.1. The van der Waals surface area contributed by atoms with Crippen LogP contribution < -0.4 is 5.73 Å². The van der Waals surface area contributed by atoms with Gasteiger partial charge in [-0.15, -0.1) is 0 Å². The molecule has 0 heterocycles. The van der Waals surface area contributed by atoms with Crippen molar-refractivity contribution in [2.75, 3.05) is 6.54 Å². The molecule has 0 aliphatic rings. The minimum absolute atomic E-state index is 0.340. The van der Waals surface area contributed by atoms with Crippen molar-refractivity contribution in [2.24, 2.45) is 5.73 Å². The average Bonchev–Trinajstić information content (AvgIpc) is 2.19. The van der Waals surface area contributed by atoms with Gasteiger partial charge in [-0.25, -0.2) is 0 Å². The number of hydrogen-bond donors (Lipinski definition) is 3. The molecular weight excluding hydrogens is 213 g/mol. The quantitative estimate of drug-likeness (QED) is 0.649. The molecule has 0 atom stereocenters. The first kappa shape index (κ1) is 10.7. The molecule has 0 spiro atoms. The van der Waals surface area contributed by atoms with Gasteiger partial charge < -0.3 is 15.9 Å². The van der Waals surface area contributed by atoms with Crippen LogP contribution in [0.2, 0.25) is 5.02 Å². The molecule has 14 heavy (non-hydrogen) atoms. The lowest BCUT2D eigenvalue weighted by Gasteiger charge is -2.06. The van der Waals surface area contributed by atoms with E-state index in [4.69, 9.17) is 27.5 Å². The van der Waals surface area contributed by atoms with Crippen LogP contribution in [-0.2, 0) is 0 Å². The van der Waals surface area contributed by atoms with Gasteiger partial charge in [0.05, 0.1) is 17.1 Å². The van der Waals surface area contributed by atoms with Crippen molar-refractivity contribution in [1.82, 2.24) is 0 Å². The van der Waals surface area contributed by atoms with E-state index in [-0.39, 0.29) is 17.1 Å². The average molecular weight is 220 g/mol. The van der Waals surface area contributed by atoms with Crippen molar-refractivity contribution in [3.8, 4) is 11.5 Å². The molecule has 4 N–H and O–H groups in total. The Morgan fingerprint density at radius 2 is 2.07 bits per heavy atom. The summed E-state index contributed by atoms with van der Waals surface area (Å²) < 4.78 is 13.0. The van der Waals surface area contributed by atoms with E-state index < -0.39 is 23.1 Å². The Morgan fingerprint density at radius 1 is 1.50 bits per heavy atom. The van der Waals surface area contributed by atoms with Crippen LogP contribution in [0.4, 0.5) is 4.39 Å². The van der Waals surface area contributed by atoms with Crippen LogP contribution in [0.3, 0.4) is 0 Å². The van der Waals surface area contributed by atoms with E-state index in [9.17, 15) is 9.18 Å². The predicted octanol–water partition coefficient (Wildman–Crippen LogP) is 1.03. The van der Waals surface area contributed by atoms with Gasteiger partial charge >= 0.3 is 0 Å². The number of phenols is 2. The molecule has 0 radical (unpaired) electrons. The zero-order valence-corrected chi connectivity index (χ0v) is 7.68. The highest BCUT2D eigenvalue weighted by atomic mass is 35.5. The Hall–Kier alpha value is -1.33. The molecular formula is C8H7ClFNO3. The van der Waals surface area contributed by atoms with Gasteiger partial charge in [-0.1, -0.05) is 11.6 Å². The van der Waals surface area contributed by atoms with E-state index in [0.717, 1.165) is 6.07 Å². The molecule has 6 heteroatoms. The summed E-state index contributed by atoms with van der Waals surface area (Å²) in [7, 11) is 0. The number of carbonyl (C=O) groups is 1. The summed E-state index contributed by atoms with van der Waals surface area (Å²) in [6.07, 6.45) is 0. The normalized spacial score (nSPS) is 10.2. The third-order valence-electron chi connectivity index (χ3n) is 1.65. The fourth-order valence-electron chi connectivity index (χ4n) is 0.921. The van der Waals surface area contributed by atoms with E-state index >= 15 is 0 Å². The summed E-state index contributed by atoms with van der Waals surface area (Å²) >= 11 is 5.40. The maximum Gasteiger partial charge on any atom is 0.208 e. The minimum atomic E-state index is -1.32. The van der Waals surface area contributed by atoms with E-state index in [2.05, 4.69) is 0 Å². The smallest absolute Gasteiger partial charge is 0.208 e. The second kappa shape index (κ2) is 3.81. The fourth-order valence-corrected chi connectivity index (χ4v) is 1.11. The number of Topliss-reactive ketones (excluding diaryl/α,β-unsaturated/α-hetero) is 1. The van der Waals surface area contributed by atoms with Crippen molar-refractivity contribution in [3.05, 3.63) is 22.5 Å². The lowest BCUT2D eigenvalue weighted by molar-refractivity contribution is 0.0998. The van der Waals surface area contributed by atoms with Crippen LogP contribution in [0.15, 0.2) is 6.07 Å². The Bertz CT molecular complexity index is 395. The third kappa shape index (κ3) is 1.64. The minimum Gasteiger partial charge on any atom is -0.504 e. The first-order valence-corrected chi connectivity index (χ1v) is 4.00. The second-order valence-electron chi connectivity index (χ2n) is 2.54. The predicted molar refractivity (Wildman–Crippen MR) is 48.1 cm³/mol. The van der Waals surface area contributed by atoms with Crippen molar-refractivity contribution in [3.63, 3.8) is 0 Å². The molecule has 0 saturated heterocycles. The maximum absolute atomic E-state index is 13.0. The van der Waals surface area contributed by atoms with Gasteiger partial charge in [0.25, 0.3) is 0 Å². The highest BCUT2D eigenvalue weighted by molar-refractivity contribution is 6.32. The van der Waals surface area contributed by atoms with Crippen molar-refractivity contribution < 1.29 is 19.4 Å². The lowest BCUT2D eigenvalue weighted by Crippen LogP contribution is -2.14. The Labute approximate surface area is 83.7 Å². The highest BCUT2D eigenvalue weighted by Crippen LogP contribution is 2.35. The molecule has 0 bridgehead atoms. The molecule has 76 valence electrons. The topological polar surface area (TPSA) is 83.6 Å². The largest absolute Gasteiger partial charge is 0.504 e. The summed E-state index contributed by atoms with van der Waals surface area (Å²) in [6, 6.07) is 0.963. The van der Waals surface area contributed by atoms with Gasteiger partial charge in [-0.2, -0.15) is 4.39 Å². The Balaban J connectivity index is 3.40. The van der Waals surface area contributed by atoms with Crippen molar-refractivity contribution >= 4 is 17.4 Å². The SMILES string of the molecule is NCC(=O)c1cc(Cl)c(O)c(F)c1O. The van der Waals surface area contributed by atoms with Gasteiger partial charge in [-0.05, 0) is 6.07 Å². The first-order valence-electron chi connectivity index (χ1n) is 3.62. The fraction of sp³-hybridized carbons (Fsp3) is 0.125. The number of carbonyl (C=O) groups excluding carboxylic acids is 1. The van der Waals surface area contributed by atoms with Gasteiger partial charge in [0.1, 0.15) is 0 Å². The summed E-state index contributed by atoms with van der Waals surface area (Å²) in [6.45, 7) is -0.381. The maximum atomic E-state index is 13.0. The number of hydrogen-bond acceptors (Lipinski definition) is 4. The molecule has 0 amide bonds. The molecule has 0 saturated carbocycles. The van der Waals surface area contributed by atoms with Gasteiger partial charge in [0.15, 0.2) is 17.3 Å². The van der Waals surface area contributed by atoms with E-state index in [1.165, 1.54) is 0 Å². The number of halogens is 2. The Kier molecular flexibility index (Phi) is 2.93. The highest BCUT2D eigenvalue weighted by Gasteiger charge is 2.19. The van der Waals surface area contributed by atoms with E-state index in [1.807, 2.05) is 0 Å². The number of rotatable bonds is 2. The Morgan fingerprint density at radius 3 is 2.57 bits per heavy atom. The monoisotopic (exact) mass is 219 g/mol. The summed E-state index contributed by atoms with van der Waals surface area (Å²) in [5.74, 6) is -3.82. The van der Waals surface area contributed by atoms with Crippen LogP contribution in [0.1, 0.15) is 10.4 Å². The first-order chi connectivity index (χ1) is 6.49. The molecule has 0 aliphatic carbocycles. The molecule has 1 aromatic carbocycles. The van der Waals surface area contributed by atoms with Gasteiger partial charge in [0, 0.05) is 0 Å². The molecule has 1 rings (SSSR count). The summed E-state index contributed by atoms with van der Waals surface area (Å²) in [5, 5.41) is 17.7. The van der Waals surface area contributed by atoms with Gasteiger partial charge in [-0.3, -0.25) is 4.79 Å². The van der Waals surface area contributed by atoms with E-state index in [1.54, 1.807) is 0 Å². The van der Waals surface area contributed by atoms with Gasteiger partial charge in [0.2, 0.25) is 5.82 Å². The molecule has 0 aliphatic heterocycles. The summed E-state index contributed by atoms with van der Waals surface area (Å²) in [5.41, 5.74) is 4.68. The number of aromatic hydroxyl groups is 2. The molecule has 0 aromatic heterocycles. The van der Waals surface area contributed by atoms with Crippen LogP contribution in [0, 0.1) is 5.82 Å². The van der Waals surface area contributed by atoms with Crippen LogP contribution in [-0.4, -0.2) is 22.5 Å². The number of ketones is 1. The number of phenolic OH excluding ortho intramolecular Hbond substituents is 2. The van der Waals surface area contributed by atoms with Crippen molar-refractivity contribution in [2.45, 2.75) is 0 Å². The molecule has 4 nitrogen and oxygen atoms in total. The van der Waals surface area contributed by atoms with Crippen LogP contribution in [0.25, 0.3) is 0 Å². The molecule has 0 unspecified atom stereocenters. The van der Waals surface area contributed by atoms with Crippen LogP contribution >= 0.6 is 11.6 Å². The second-order valence-corrected chi connectivity index (χ2v) is 2.95. The third-order valence-corrected chi connectivity index (χ3v) is 1.94. The molecule has 0 fully saturated rings. The standard InChI is InChI=1S/C8H7ClFNO3/c9-4-1-3(5(12)2-11)7(13)6(10)8(4)14/h1,13-14H,2,11H2. The van der Waals surface area contributed by atoms with Crippen molar-refractivity contribution in [1.29, 1.82) is 0 Å². The van der Waals surface area contributed by atoms with E-state index in [0.29, 0.717) is 0 Å². The molecule has 1 aromatic rings. The zero-order chi connectivity index (χ0) is 10.9. The number of benzene rings is 1.